The Bertz CT molecular complexity index is 538. The van der Waals surface area contributed by atoms with E-state index in [-0.39, 0.29) is 5.97 Å². The van der Waals surface area contributed by atoms with E-state index < -0.39 is 0 Å². The lowest BCUT2D eigenvalue weighted by Gasteiger charge is -2.05. The molecular weight excluding hydrogens is 372 g/mol. The Labute approximate surface area is 185 Å². The maximum absolute atomic E-state index is 11.9. The zero-order chi connectivity index (χ0) is 21.7. The van der Waals surface area contributed by atoms with Crippen molar-refractivity contribution >= 4 is 11.8 Å². The van der Waals surface area contributed by atoms with Crippen LogP contribution in [0.2, 0.25) is 0 Å². The fourth-order valence-corrected chi connectivity index (χ4v) is 3.69. The molecule has 0 fully saturated rings. The fourth-order valence-electron chi connectivity index (χ4n) is 3.69. The number of unbranched alkanes of at least 4 members (excludes halogenated alkanes) is 12. The van der Waals surface area contributed by atoms with E-state index >= 15 is 0 Å². The van der Waals surface area contributed by atoms with Crippen molar-refractivity contribution in [2.45, 2.75) is 123 Å². The lowest BCUT2D eigenvalue weighted by molar-refractivity contribution is -0.145. The van der Waals surface area contributed by atoms with Crippen molar-refractivity contribution in [2.24, 2.45) is 0 Å². The summed E-state index contributed by atoms with van der Waals surface area (Å²) in [6.07, 6.45) is 18.7. The zero-order valence-electron chi connectivity index (χ0n) is 19.3. The van der Waals surface area contributed by atoms with Gasteiger partial charge in [-0.15, -0.1) is 0 Å². The van der Waals surface area contributed by atoms with Gasteiger partial charge in [-0.3, -0.25) is 9.59 Å². The van der Waals surface area contributed by atoms with E-state index in [0.29, 0.717) is 18.8 Å². The van der Waals surface area contributed by atoms with Gasteiger partial charge < -0.3 is 4.74 Å². The fraction of sp³-hybridized carbons (Fsp3) is 0.704. The molecule has 30 heavy (non-hydrogen) atoms. The normalized spacial score (nSPS) is 10.8. The SMILES string of the molecule is CCCCCCCCCCC(=O)CCCCCCCCC(=O)OCc1ccccc1. The van der Waals surface area contributed by atoms with Crippen LogP contribution in [0, 0.1) is 0 Å². The molecule has 0 N–H and O–H groups in total. The molecule has 0 bridgehead atoms. The van der Waals surface area contributed by atoms with Crippen molar-refractivity contribution in [3.05, 3.63) is 35.9 Å². The second-order valence-electron chi connectivity index (χ2n) is 8.53. The Balaban J connectivity index is 1.82. The molecule has 0 unspecified atom stereocenters. The summed E-state index contributed by atoms with van der Waals surface area (Å²) in [6.45, 7) is 2.62. The summed E-state index contributed by atoms with van der Waals surface area (Å²) in [5, 5.41) is 0. The van der Waals surface area contributed by atoms with Gasteiger partial charge in [0.2, 0.25) is 0 Å². The number of Topliss-reactive ketones (excluding diaryl/α,β-unsaturated/α-hetero) is 1. The highest BCUT2D eigenvalue weighted by Crippen LogP contribution is 2.13. The molecule has 0 aliphatic rings. The third kappa shape index (κ3) is 16.2. The van der Waals surface area contributed by atoms with Gasteiger partial charge in [-0.1, -0.05) is 108 Å². The summed E-state index contributed by atoms with van der Waals surface area (Å²) in [4.78, 5) is 23.7. The smallest absolute Gasteiger partial charge is 0.306 e. The van der Waals surface area contributed by atoms with E-state index in [1.165, 1.54) is 44.9 Å². The van der Waals surface area contributed by atoms with Crippen molar-refractivity contribution in [2.75, 3.05) is 0 Å². The van der Waals surface area contributed by atoms with Gasteiger partial charge >= 0.3 is 5.97 Å². The number of esters is 1. The minimum atomic E-state index is -0.106. The molecule has 3 nitrogen and oxygen atoms in total. The summed E-state index contributed by atoms with van der Waals surface area (Å²) >= 11 is 0. The van der Waals surface area contributed by atoms with Crippen LogP contribution in [-0.2, 0) is 20.9 Å². The second-order valence-corrected chi connectivity index (χ2v) is 8.53. The molecule has 0 atom stereocenters. The van der Waals surface area contributed by atoms with E-state index in [4.69, 9.17) is 4.74 Å². The predicted molar refractivity (Wildman–Crippen MR) is 125 cm³/mol. The van der Waals surface area contributed by atoms with Gasteiger partial charge in [0.15, 0.2) is 0 Å². The van der Waals surface area contributed by atoms with Crippen LogP contribution in [0.1, 0.15) is 122 Å². The van der Waals surface area contributed by atoms with Gasteiger partial charge in [-0.2, -0.15) is 0 Å². The van der Waals surface area contributed by atoms with Crippen molar-refractivity contribution in [3.63, 3.8) is 0 Å². The van der Waals surface area contributed by atoms with Crippen molar-refractivity contribution in [1.29, 1.82) is 0 Å². The maximum Gasteiger partial charge on any atom is 0.306 e. The Morgan fingerprint density at radius 1 is 0.633 bits per heavy atom. The van der Waals surface area contributed by atoms with Gasteiger partial charge in [0.05, 0.1) is 0 Å². The molecule has 0 saturated heterocycles. The van der Waals surface area contributed by atoms with Crippen LogP contribution in [-0.4, -0.2) is 11.8 Å². The molecule has 0 radical (unpaired) electrons. The first kappa shape index (κ1) is 26.4. The van der Waals surface area contributed by atoms with Gasteiger partial charge in [0, 0.05) is 19.3 Å². The van der Waals surface area contributed by atoms with E-state index in [2.05, 4.69) is 6.92 Å². The summed E-state index contributed by atoms with van der Waals surface area (Å²) in [5.41, 5.74) is 1.03. The lowest BCUT2D eigenvalue weighted by Crippen LogP contribution is -2.04. The topological polar surface area (TPSA) is 43.4 Å². The quantitative estimate of drug-likeness (QED) is 0.160. The van der Waals surface area contributed by atoms with Crippen LogP contribution in [0.25, 0.3) is 0 Å². The van der Waals surface area contributed by atoms with Gasteiger partial charge in [0.1, 0.15) is 12.4 Å². The van der Waals surface area contributed by atoms with Gasteiger partial charge in [-0.05, 0) is 24.8 Å². The summed E-state index contributed by atoms with van der Waals surface area (Å²) in [6, 6.07) is 9.79. The minimum absolute atomic E-state index is 0.106. The van der Waals surface area contributed by atoms with Gasteiger partial charge in [0.25, 0.3) is 0 Å². The van der Waals surface area contributed by atoms with E-state index in [0.717, 1.165) is 63.4 Å². The van der Waals surface area contributed by atoms with Gasteiger partial charge in [-0.25, -0.2) is 0 Å². The molecule has 0 aliphatic carbocycles. The number of rotatable bonds is 20. The molecule has 170 valence electrons. The highest BCUT2D eigenvalue weighted by Gasteiger charge is 2.04. The van der Waals surface area contributed by atoms with Crippen LogP contribution >= 0.6 is 0 Å². The van der Waals surface area contributed by atoms with Crippen LogP contribution in [0.3, 0.4) is 0 Å². The predicted octanol–water partition coefficient (Wildman–Crippen LogP) is 7.95. The van der Waals surface area contributed by atoms with Crippen LogP contribution in [0.5, 0.6) is 0 Å². The number of hydrogen-bond acceptors (Lipinski definition) is 3. The Hall–Kier alpha value is -1.64. The molecule has 1 aromatic rings. The number of hydrogen-bond donors (Lipinski definition) is 0. The molecule has 1 aromatic carbocycles. The van der Waals surface area contributed by atoms with E-state index in [1.54, 1.807) is 0 Å². The van der Waals surface area contributed by atoms with E-state index in [1.807, 2.05) is 30.3 Å². The van der Waals surface area contributed by atoms with Crippen LogP contribution in [0.4, 0.5) is 0 Å². The largest absolute Gasteiger partial charge is 0.461 e. The number of ketones is 1. The molecule has 0 saturated carbocycles. The molecule has 0 aromatic heterocycles. The Morgan fingerprint density at radius 2 is 1.10 bits per heavy atom. The first-order chi connectivity index (χ1) is 14.7. The average Bonchev–Trinajstić information content (AvgIpc) is 2.76. The average molecular weight is 417 g/mol. The number of ether oxygens (including phenoxy) is 1. The number of carbonyl (C=O) groups is 2. The number of benzene rings is 1. The molecule has 0 heterocycles. The van der Waals surface area contributed by atoms with Crippen molar-refractivity contribution < 1.29 is 14.3 Å². The third-order valence-electron chi connectivity index (χ3n) is 5.64. The summed E-state index contributed by atoms with van der Waals surface area (Å²) in [5.74, 6) is 0.340. The number of carbonyl (C=O) groups excluding carboxylic acids is 2. The molecule has 0 aliphatic heterocycles. The maximum atomic E-state index is 11.9. The minimum Gasteiger partial charge on any atom is -0.461 e. The monoisotopic (exact) mass is 416 g/mol. The van der Waals surface area contributed by atoms with Crippen molar-refractivity contribution in [3.8, 4) is 0 Å². The second kappa shape index (κ2) is 19.3. The highest BCUT2D eigenvalue weighted by molar-refractivity contribution is 5.78. The highest BCUT2D eigenvalue weighted by atomic mass is 16.5. The summed E-state index contributed by atoms with van der Waals surface area (Å²) in [7, 11) is 0. The van der Waals surface area contributed by atoms with Crippen LogP contribution < -0.4 is 0 Å². The van der Waals surface area contributed by atoms with Crippen molar-refractivity contribution in [1.82, 2.24) is 0 Å². The van der Waals surface area contributed by atoms with Crippen LogP contribution in [0.15, 0.2) is 30.3 Å². The first-order valence-corrected chi connectivity index (χ1v) is 12.4. The Morgan fingerprint density at radius 3 is 1.63 bits per heavy atom. The van der Waals surface area contributed by atoms with E-state index in [9.17, 15) is 9.59 Å². The molecular formula is C27H44O3. The molecule has 0 amide bonds. The molecule has 0 spiro atoms. The zero-order valence-corrected chi connectivity index (χ0v) is 19.3. The first-order valence-electron chi connectivity index (χ1n) is 12.4. The molecule has 3 heteroatoms. The summed E-state index contributed by atoms with van der Waals surface area (Å²) < 4.78 is 5.29. The standard InChI is InChI=1S/C27H44O3/c1-2-3-4-5-6-7-10-16-21-26(28)22-17-11-8-9-12-18-23-27(29)30-24-25-19-14-13-15-20-25/h13-15,19-20H,2-12,16-18,21-24H2,1H3. The third-order valence-corrected chi connectivity index (χ3v) is 5.64. The Kier molecular flexibility index (Phi) is 17.0. The lowest BCUT2D eigenvalue weighted by atomic mass is 10.0. The molecule has 1 rings (SSSR count).